The number of hydrogen-bond acceptors (Lipinski definition) is 4. The van der Waals surface area contributed by atoms with Gasteiger partial charge in [0.05, 0.1) is 11.7 Å². The molecule has 4 nitrogen and oxygen atoms in total. The van der Waals surface area contributed by atoms with Gasteiger partial charge in [-0.1, -0.05) is 11.8 Å². The fraction of sp³-hybridized carbons (Fsp3) is 0.143. The van der Waals surface area contributed by atoms with E-state index < -0.39 is 0 Å². The fourth-order valence-corrected chi connectivity index (χ4v) is 2.05. The number of thiazole rings is 1. The third-order valence-corrected chi connectivity index (χ3v) is 3.21. The lowest BCUT2D eigenvalue weighted by Crippen LogP contribution is -2.10. The molecule has 0 unspecified atom stereocenters. The van der Waals surface area contributed by atoms with Gasteiger partial charge in [-0.3, -0.25) is 9.78 Å². The number of aromatic nitrogens is 1. The Morgan fingerprint density at radius 2 is 2.37 bits per heavy atom. The van der Waals surface area contributed by atoms with Crippen molar-refractivity contribution in [2.75, 3.05) is 11.9 Å². The number of hydrogen-bond donors (Lipinski definition) is 2. The van der Waals surface area contributed by atoms with Crippen LogP contribution in [0.4, 0.5) is 5.69 Å². The van der Waals surface area contributed by atoms with Gasteiger partial charge in [0.2, 0.25) is 0 Å². The lowest BCUT2D eigenvalue weighted by Gasteiger charge is -2.05. The summed E-state index contributed by atoms with van der Waals surface area (Å²) in [6.07, 6.45) is 1.54. The molecular formula is C14H12N2O2S. The maximum Gasteiger partial charge on any atom is 0.267 e. The molecule has 0 aliphatic rings. The minimum atomic E-state index is -0.170. The quantitative estimate of drug-likeness (QED) is 0.822. The van der Waals surface area contributed by atoms with Gasteiger partial charge in [-0.15, -0.1) is 11.3 Å². The summed E-state index contributed by atoms with van der Waals surface area (Å²) in [6.45, 7) is 1.74. The van der Waals surface area contributed by atoms with Crippen molar-refractivity contribution in [2.24, 2.45) is 0 Å². The number of carbonyl (C=O) groups excluding carboxylic acids is 1. The molecule has 1 amide bonds. The Bertz CT molecular complexity index is 639. The SMILES string of the molecule is Cc1cc(NC(=O)c2cncs2)ccc1C#CCO. The molecule has 2 aromatic rings. The molecule has 0 aliphatic carbocycles. The maximum atomic E-state index is 11.8. The second-order valence-electron chi connectivity index (χ2n) is 3.81. The highest BCUT2D eigenvalue weighted by molar-refractivity contribution is 7.11. The first kappa shape index (κ1) is 13.3. The average Bonchev–Trinajstić information content (AvgIpc) is 2.92. The summed E-state index contributed by atoms with van der Waals surface area (Å²) in [6, 6.07) is 5.45. The Balaban J connectivity index is 2.14. The van der Waals surface area contributed by atoms with E-state index in [9.17, 15) is 4.79 Å². The van der Waals surface area contributed by atoms with Gasteiger partial charge in [0.15, 0.2) is 0 Å². The molecule has 0 aliphatic heterocycles. The number of aliphatic hydroxyl groups is 1. The van der Waals surface area contributed by atoms with Gasteiger partial charge in [-0.2, -0.15) is 0 Å². The number of carbonyl (C=O) groups is 1. The first-order valence-corrected chi connectivity index (χ1v) is 6.49. The standard InChI is InChI=1S/C14H12N2O2S/c1-10-7-12(5-4-11(10)3-2-6-17)16-14(18)13-8-15-9-19-13/h4-5,7-9,17H,6H2,1H3,(H,16,18). The Labute approximate surface area is 115 Å². The largest absolute Gasteiger partial charge is 0.384 e. The summed E-state index contributed by atoms with van der Waals surface area (Å²) < 4.78 is 0. The first-order valence-electron chi connectivity index (χ1n) is 5.61. The number of aryl methyl sites for hydroxylation is 1. The third-order valence-electron chi connectivity index (χ3n) is 2.44. The van der Waals surface area contributed by atoms with Crippen molar-refractivity contribution >= 4 is 22.9 Å². The summed E-state index contributed by atoms with van der Waals surface area (Å²) >= 11 is 1.30. The van der Waals surface area contributed by atoms with E-state index in [1.807, 2.05) is 19.1 Å². The molecule has 1 aromatic heterocycles. The third kappa shape index (κ3) is 3.41. The van der Waals surface area contributed by atoms with E-state index in [-0.39, 0.29) is 12.5 Å². The molecule has 0 saturated carbocycles. The molecule has 2 N–H and O–H groups in total. The van der Waals surface area contributed by atoms with Gasteiger partial charge in [-0.25, -0.2) is 0 Å². The summed E-state index contributed by atoms with van der Waals surface area (Å²) in [5, 5.41) is 11.5. The van der Waals surface area contributed by atoms with E-state index in [1.54, 1.807) is 11.6 Å². The van der Waals surface area contributed by atoms with Crippen LogP contribution in [0.2, 0.25) is 0 Å². The molecule has 1 heterocycles. The molecule has 0 saturated heterocycles. The zero-order valence-corrected chi connectivity index (χ0v) is 11.1. The van der Waals surface area contributed by atoms with Gasteiger partial charge in [0.1, 0.15) is 11.5 Å². The van der Waals surface area contributed by atoms with Crippen LogP contribution in [0.5, 0.6) is 0 Å². The lowest BCUT2D eigenvalue weighted by atomic mass is 10.1. The Hall–Kier alpha value is -2.16. The Morgan fingerprint density at radius 1 is 1.53 bits per heavy atom. The monoisotopic (exact) mass is 272 g/mol. The van der Waals surface area contributed by atoms with E-state index in [4.69, 9.17) is 5.11 Å². The van der Waals surface area contributed by atoms with Crippen LogP contribution in [-0.2, 0) is 0 Å². The van der Waals surface area contributed by atoms with Gasteiger partial charge in [0.25, 0.3) is 5.91 Å². The Morgan fingerprint density at radius 3 is 3.00 bits per heavy atom. The topological polar surface area (TPSA) is 62.2 Å². The van der Waals surface area contributed by atoms with Gasteiger partial charge < -0.3 is 10.4 Å². The molecule has 0 fully saturated rings. The molecule has 0 radical (unpaired) electrons. The van der Waals surface area contributed by atoms with Crippen LogP contribution in [-0.4, -0.2) is 22.6 Å². The number of aliphatic hydroxyl groups excluding tert-OH is 1. The second-order valence-corrected chi connectivity index (χ2v) is 4.70. The van der Waals surface area contributed by atoms with Crippen molar-refractivity contribution < 1.29 is 9.90 Å². The number of rotatable bonds is 2. The number of amides is 1. The highest BCUT2D eigenvalue weighted by atomic mass is 32.1. The van der Waals surface area contributed by atoms with E-state index in [2.05, 4.69) is 22.1 Å². The molecule has 0 bridgehead atoms. The van der Waals surface area contributed by atoms with Crippen LogP contribution < -0.4 is 5.32 Å². The normalized spacial score (nSPS) is 9.58. The molecular weight excluding hydrogens is 260 g/mol. The summed E-state index contributed by atoms with van der Waals surface area (Å²) in [5.41, 5.74) is 4.12. The molecule has 96 valence electrons. The lowest BCUT2D eigenvalue weighted by molar-refractivity contribution is 0.103. The van der Waals surface area contributed by atoms with Gasteiger partial charge >= 0.3 is 0 Å². The minimum absolute atomic E-state index is 0.163. The minimum Gasteiger partial charge on any atom is -0.384 e. The maximum absolute atomic E-state index is 11.8. The van der Waals surface area contributed by atoms with Crippen LogP contribution in [0, 0.1) is 18.8 Å². The van der Waals surface area contributed by atoms with Crippen molar-refractivity contribution in [1.82, 2.24) is 4.98 Å². The van der Waals surface area contributed by atoms with Crippen LogP contribution >= 0.6 is 11.3 Å². The summed E-state index contributed by atoms with van der Waals surface area (Å²) in [7, 11) is 0. The first-order chi connectivity index (χ1) is 9.20. The van der Waals surface area contributed by atoms with Crippen LogP contribution in [0.15, 0.2) is 29.9 Å². The predicted octanol–water partition coefficient (Wildman–Crippen LogP) is 2.05. The average molecular weight is 272 g/mol. The molecule has 0 spiro atoms. The van der Waals surface area contributed by atoms with Crippen molar-refractivity contribution in [3.05, 3.63) is 45.9 Å². The zero-order chi connectivity index (χ0) is 13.7. The van der Waals surface area contributed by atoms with Crippen LogP contribution in [0.25, 0.3) is 0 Å². The summed E-state index contributed by atoms with van der Waals surface area (Å²) in [4.78, 5) is 16.3. The van der Waals surface area contributed by atoms with E-state index in [0.29, 0.717) is 10.6 Å². The van der Waals surface area contributed by atoms with Gasteiger partial charge in [0, 0.05) is 11.3 Å². The predicted molar refractivity (Wildman–Crippen MR) is 75.2 cm³/mol. The summed E-state index contributed by atoms with van der Waals surface area (Å²) in [5.74, 6) is 5.28. The molecule has 2 rings (SSSR count). The Kier molecular flexibility index (Phi) is 4.29. The van der Waals surface area contributed by atoms with E-state index in [1.165, 1.54) is 17.5 Å². The molecule has 5 heteroatoms. The smallest absolute Gasteiger partial charge is 0.267 e. The zero-order valence-electron chi connectivity index (χ0n) is 10.3. The number of nitrogens with one attached hydrogen (secondary N) is 1. The molecule has 1 aromatic carbocycles. The van der Waals surface area contributed by atoms with E-state index >= 15 is 0 Å². The highest BCUT2D eigenvalue weighted by Crippen LogP contribution is 2.16. The number of nitrogens with zero attached hydrogens (tertiary/aromatic N) is 1. The van der Waals surface area contributed by atoms with Crippen molar-refractivity contribution in [3.63, 3.8) is 0 Å². The number of benzene rings is 1. The van der Waals surface area contributed by atoms with Crippen LogP contribution in [0.1, 0.15) is 20.8 Å². The number of anilines is 1. The highest BCUT2D eigenvalue weighted by Gasteiger charge is 2.08. The van der Waals surface area contributed by atoms with Crippen molar-refractivity contribution in [3.8, 4) is 11.8 Å². The fourth-order valence-electron chi connectivity index (χ4n) is 1.54. The van der Waals surface area contributed by atoms with Crippen molar-refractivity contribution in [1.29, 1.82) is 0 Å². The second kappa shape index (κ2) is 6.14. The van der Waals surface area contributed by atoms with E-state index in [0.717, 1.165) is 11.1 Å². The molecule has 19 heavy (non-hydrogen) atoms. The molecule has 0 atom stereocenters. The van der Waals surface area contributed by atoms with Crippen LogP contribution in [0.3, 0.4) is 0 Å². The van der Waals surface area contributed by atoms with Crippen molar-refractivity contribution in [2.45, 2.75) is 6.92 Å². The van der Waals surface area contributed by atoms with Gasteiger partial charge in [-0.05, 0) is 30.7 Å².